The number of aromatic nitrogens is 1. The van der Waals surface area contributed by atoms with Crippen molar-refractivity contribution >= 4 is 0 Å². The molecule has 4 heteroatoms. The molecular weight excluding hydrogens is 176 g/mol. The standard InChI is InChI=1S/C9H9F2NO/c10-7-6(3-4-12-9(7)11)8(13)5-1-2-5/h3-5,8,13H,1-2H2. The fraction of sp³-hybridized carbons (Fsp3) is 0.444. The Kier molecular flexibility index (Phi) is 2.00. The van der Waals surface area contributed by atoms with Crippen molar-refractivity contribution in [1.29, 1.82) is 0 Å². The Bertz CT molecular complexity index is 325. The Labute approximate surface area is 74.2 Å². The average molecular weight is 185 g/mol. The van der Waals surface area contributed by atoms with Crippen LogP contribution in [0.3, 0.4) is 0 Å². The summed E-state index contributed by atoms with van der Waals surface area (Å²) in [5.41, 5.74) is 0.0231. The lowest BCUT2D eigenvalue weighted by Crippen LogP contribution is -2.05. The summed E-state index contributed by atoms with van der Waals surface area (Å²) < 4.78 is 25.7. The maximum Gasteiger partial charge on any atom is 0.249 e. The zero-order chi connectivity index (χ0) is 9.42. The van der Waals surface area contributed by atoms with E-state index in [1.54, 1.807) is 0 Å². The number of nitrogens with zero attached hydrogens (tertiary/aromatic N) is 1. The summed E-state index contributed by atoms with van der Waals surface area (Å²) in [7, 11) is 0. The van der Waals surface area contributed by atoms with Crippen LogP contribution in [0.1, 0.15) is 24.5 Å². The summed E-state index contributed by atoms with van der Waals surface area (Å²) in [5.74, 6) is -2.07. The fourth-order valence-corrected chi connectivity index (χ4v) is 1.33. The molecule has 1 heterocycles. The van der Waals surface area contributed by atoms with Gasteiger partial charge in [0, 0.05) is 11.8 Å². The molecule has 0 aromatic carbocycles. The molecule has 13 heavy (non-hydrogen) atoms. The van der Waals surface area contributed by atoms with Gasteiger partial charge >= 0.3 is 0 Å². The third kappa shape index (κ3) is 1.54. The molecule has 1 atom stereocenters. The van der Waals surface area contributed by atoms with Crippen LogP contribution in [0.2, 0.25) is 0 Å². The van der Waals surface area contributed by atoms with Crippen molar-refractivity contribution in [3.05, 3.63) is 29.6 Å². The van der Waals surface area contributed by atoms with Gasteiger partial charge in [-0.05, 0) is 24.8 Å². The van der Waals surface area contributed by atoms with E-state index in [2.05, 4.69) is 4.98 Å². The van der Waals surface area contributed by atoms with Crippen LogP contribution in [0.15, 0.2) is 12.3 Å². The van der Waals surface area contributed by atoms with Gasteiger partial charge in [-0.2, -0.15) is 4.39 Å². The van der Waals surface area contributed by atoms with Gasteiger partial charge in [-0.15, -0.1) is 0 Å². The zero-order valence-electron chi connectivity index (χ0n) is 6.87. The molecular formula is C9H9F2NO. The lowest BCUT2D eigenvalue weighted by Gasteiger charge is -2.09. The molecule has 1 aromatic rings. The molecule has 0 bridgehead atoms. The second kappa shape index (κ2) is 3.03. The van der Waals surface area contributed by atoms with Crippen molar-refractivity contribution < 1.29 is 13.9 Å². The van der Waals surface area contributed by atoms with E-state index < -0.39 is 17.9 Å². The van der Waals surface area contributed by atoms with Gasteiger partial charge in [0.2, 0.25) is 5.95 Å². The van der Waals surface area contributed by atoms with Crippen LogP contribution in [-0.4, -0.2) is 10.1 Å². The largest absolute Gasteiger partial charge is 0.388 e. The first-order chi connectivity index (χ1) is 6.20. The molecule has 0 saturated heterocycles. The second-order valence-corrected chi connectivity index (χ2v) is 3.29. The van der Waals surface area contributed by atoms with Gasteiger partial charge in [0.1, 0.15) is 0 Å². The van der Waals surface area contributed by atoms with Crippen molar-refractivity contribution in [1.82, 2.24) is 4.98 Å². The minimum absolute atomic E-state index is 0.0231. The molecule has 1 N–H and O–H groups in total. The second-order valence-electron chi connectivity index (χ2n) is 3.29. The number of halogens is 2. The van der Waals surface area contributed by atoms with E-state index in [9.17, 15) is 13.9 Å². The lowest BCUT2D eigenvalue weighted by atomic mass is 10.1. The topological polar surface area (TPSA) is 33.1 Å². The molecule has 2 rings (SSSR count). The fourth-order valence-electron chi connectivity index (χ4n) is 1.33. The SMILES string of the molecule is OC(c1ccnc(F)c1F)C1CC1. The molecule has 1 aliphatic carbocycles. The van der Waals surface area contributed by atoms with E-state index >= 15 is 0 Å². The molecule has 1 aliphatic rings. The van der Waals surface area contributed by atoms with Crippen LogP contribution in [-0.2, 0) is 0 Å². The number of hydrogen-bond acceptors (Lipinski definition) is 2. The Morgan fingerprint density at radius 1 is 1.46 bits per heavy atom. The molecule has 1 saturated carbocycles. The van der Waals surface area contributed by atoms with Crippen molar-refractivity contribution in [3.63, 3.8) is 0 Å². The Balaban J connectivity index is 2.32. The number of rotatable bonds is 2. The first-order valence-corrected chi connectivity index (χ1v) is 4.18. The van der Waals surface area contributed by atoms with E-state index in [1.165, 1.54) is 12.3 Å². The van der Waals surface area contributed by atoms with Gasteiger partial charge in [-0.3, -0.25) is 0 Å². The molecule has 1 unspecified atom stereocenters. The van der Waals surface area contributed by atoms with Gasteiger partial charge < -0.3 is 5.11 Å². The molecule has 0 aliphatic heterocycles. The van der Waals surface area contributed by atoms with Crippen molar-refractivity contribution in [2.24, 2.45) is 5.92 Å². The van der Waals surface area contributed by atoms with E-state index in [1.807, 2.05) is 0 Å². The summed E-state index contributed by atoms with van der Waals surface area (Å²) in [4.78, 5) is 3.15. The molecule has 0 spiro atoms. The number of hydrogen-bond donors (Lipinski definition) is 1. The van der Waals surface area contributed by atoms with Crippen LogP contribution in [0.4, 0.5) is 8.78 Å². The van der Waals surface area contributed by atoms with Crippen LogP contribution in [0, 0.1) is 17.7 Å². The van der Waals surface area contributed by atoms with Crippen molar-refractivity contribution in [2.45, 2.75) is 18.9 Å². The molecule has 0 radical (unpaired) electrons. The van der Waals surface area contributed by atoms with E-state index in [0.717, 1.165) is 12.8 Å². The van der Waals surface area contributed by atoms with Gasteiger partial charge in [0.05, 0.1) is 6.10 Å². The first kappa shape index (κ1) is 8.56. The number of aliphatic hydroxyl groups excluding tert-OH is 1. The highest BCUT2D eigenvalue weighted by atomic mass is 19.2. The maximum absolute atomic E-state index is 13.0. The van der Waals surface area contributed by atoms with Crippen molar-refractivity contribution in [3.8, 4) is 0 Å². The molecule has 70 valence electrons. The monoisotopic (exact) mass is 185 g/mol. The smallest absolute Gasteiger partial charge is 0.249 e. The van der Waals surface area contributed by atoms with Gasteiger partial charge in [-0.1, -0.05) is 0 Å². The minimum atomic E-state index is -1.14. The molecule has 1 fully saturated rings. The molecule has 1 aromatic heterocycles. The summed E-state index contributed by atoms with van der Waals surface area (Å²) >= 11 is 0. The normalized spacial score (nSPS) is 18.7. The summed E-state index contributed by atoms with van der Waals surface area (Å²) in [6.45, 7) is 0. The predicted molar refractivity (Wildman–Crippen MR) is 41.8 cm³/mol. The van der Waals surface area contributed by atoms with Crippen LogP contribution < -0.4 is 0 Å². The highest BCUT2D eigenvalue weighted by Crippen LogP contribution is 2.41. The van der Waals surface area contributed by atoms with Crippen LogP contribution in [0.25, 0.3) is 0 Å². The lowest BCUT2D eigenvalue weighted by molar-refractivity contribution is 0.147. The summed E-state index contributed by atoms with van der Waals surface area (Å²) in [6, 6.07) is 1.32. The quantitative estimate of drug-likeness (QED) is 0.712. The average Bonchev–Trinajstić information content (AvgIpc) is 2.91. The molecule has 2 nitrogen and oxygen atoms in total. The maximum atomic E-state index is 13.0. The third-order valence-electron chi connectivity index (χ3n) is 2.26. The highest BCUT2D eigenvalue weighted by Gasteiger charge is 2.33. The highest BCUT2D eigenvalue weighted by molar-refractivity contribution is 5.18. The Morgan fingerprint density at radius 2 is 2.15 bits per heavy atom. The van der Waals surface area contributed by atoms with Crippen molar-refractivity contribution in [2.75, 3.05) is 0 Å². The Morgan fingerprint density at radius 3 is 2.77 bits per heavy atom. The van der Waals surface area contributed by atoms with E-state index in [0.29, 0.717) is 0 Å². The predicted octanol–water partition coefficient (Wildman–Crippen LogP) is 1.80. The van der Waals surface area contributed by atoms with E-state index in [-0.39, 0.29) is 11.5 Å². The number of aliphatic hydroxyl groups is 1. The van der Waals surface area contributed by atoms with Crippen LogP contribution >= 0.6 is 0 Å². The van der Waals surface area contributed by atoms with Gasteiger partial charge in [0.15, 0.2) is 5.82 Å². The Hall–Kier alpha value is -1.03. The summed E-state index contributed by atoms with van der Waals surface area (Å²) in [6.07, 6.45) is 2.05. The third-order valence-corrected chi connectivity index (χ3v) is 2.26. The zero-order valence-corrected chi connectivity index (χ0v) is 6.87. The number of pyridine rings is 1. The minimum Gasteiger partial charge on any atom is -0.388 e. The summed E-state index contributed by atoms with van der Waals surface area (Å²) in [5, 5.41) is 9.53. The van der Waals surface area contributed by atoms with E-state index in [4.69, 9.17) is 0 Å². The molecule has 0 amide bonds. The van der Waals surface area contributed by atoms with Gasteiger partial charge in [-0.25, -0.2) is 9.37 Å². The van der Waals surface area contributed by atoms with Crippen LogP contribution in [0.5, 0.6) is 0 Å². The van der Waals surface area contributed by atoms with Gasteiger partial charge in [0.25, 0.3) is 0 Å². The first-order valence-electron chi connectivity index (χ1n) is 4.18.